The zero-order valence-electron chi connectivity index (χ0n) is 9.82. The highest BCUT2D eigenvalue weighted by molar-refractivity contribution is 5.76. The van der Waals surface area contributed by atoms with Crippen LogP contribution in [-0.2, 0) is 4.79 Å². The van der Waals surface area contributed by atoms with Crippen LogP contribution in [-0.4, -0.2) is 47.7 Å². The maximum absolute atomic E-state index is 11.8. The molecule has 0 spiro atoms. The average molecular weight is 226 g/mol. The van der Waals surface area contributed by atoms with Gasteiger partial charge in [-0.25, -0.2) is 0 Å². The van der Waals surface area contributed by atoms with Gasteiger partial charge in [-0.3, -0.25) is 4.79 Å². The van der Waals surface area contributed by atoms with E-state index in [1.54, 1.807) is 4.90 Å². The number of aliphatic hydroxyl groups excluding tert-OH is 1. The molecule has 2 rings (SSSR count). The van der Waals surface area contributed by atoms with Crippen molar-refractivity contribution in [2.45, 2.75) is 50.7 Å². The predicted octanol–water partition coefficient (Wildman–Crippen LogP) is 0.502. The Balaban J connectivity index is 1.67. The number of hydrogen-bond acceptors (Lipinski definition) is 3. The molecule has 4 heteroatoms. The van der Waals surface area contributed by atoms with Crippen LogP contribution >= 0.6 is 0 Å². The molecule has 2 aliphatic rings. The van der Waals surface area contributed by atoms with E-state index in [4.69, 9.17) is 0 Å². The molecular weight excluding hydrogens is 204 g/mol. The summed E-state index contributed by atoms with van der Waals surface area (Å²) in [6.07, 6.45) is 5.78. The van der Waals surface area contributed by atoms with Gasteiger partial charge in [0, 0.05) is 25.6 Å². The summed E-state index contributed by atoms with van der Waals surface area (Å²) in [6.45, 7) is 2.37. The minimum atomic E-state index is -0.295. The fourth-order valence-corrected chi connectivity index (χ4v) is 2.59. The van der Waals surface area contributed by atoms with Crippen molar-refractivity contribution in [3.8, 4) is 0 Å². The van der Waals surface area contributed by atoms with Crippen LogP contribution in [0, 0.1) is 0 Å². The highest BCUT2D eigenvalue weighted by Gasteiger charge is 2.24. The van der Waals surface area contributed by atoms with Crippen LogP contribution in [0.1, 0.15) is 38.5 Å². The SMILES string of the molecule is O=C(CCC1CCCCN1)N1CC[C@@H](O)C1. The summed E-state index contributed by atoms with van der Waals surface area (Å²) >= 11 is 0. The van der Waals surface area contributed by atoms with Crippen LogP contribution in [0.25, 0.3) is 0 Å². The smallest absolute Gasteiger partial charge is 0.222 e. The topological polar surface area (TPSA) is 52.6 Å². The number of amides is 1. The first kappa shape index (κ1) is 11.9. The first-order valence-electron chi connectivity index (χ1n) is 6.45. The maximum Gasteiger partial charge on any atom is 0.222 e. The lowest BCUT2D eigenvalue weighted by Crippen LogP contribution is -2.36. The quantitative estimate of drug-likeness (QED) is 0.737. The van der Waals surface area contributed by atoms with E-state index in [2.05, 4.69) is 5.32 Å². The number of aliphatic hydroxyl groups is 1. The van der Waals surface area contributed by atoms with Crippen LogP contribution < -0.4 is 5.32 Å². The number of rotatable bonds is 3. The Hall–Kier alpha value is -0.610. The number of nitrogens with zero attached hydrogens (tertiary/aromatic N) is 1. The highest BCUT2D eigenvalue weighted by atomic mass is 16.3. The second-order valence-corrected chi connectivity index (χ2v) is 4.97. The van der Waals surface area contributed by atoms with Crippen molar-refractivity contribution in [3.63, 3.8) is 0 Å². The molecule has 2 N–H and O–H groups in total. The molecule has 2 saturated heterocycles. The van der Waals surface area contributed by atoms with Gasteiger partial charge in [0.2, 0.25) is 5.91 Å². The number of carbonyl (C=O) groups is 1. The van der Waals surface area contributed by atoms with Crippen molar-refractivity contribution in [3.05, 3.63) is 0 Å². The molecule has 0 aromatic carbocycles. The number of hydrogen-bond donors (Lipinski definition) is 2. The molecule has 4 nitrogen and oxygen atoms in total. The molecule has 92 valence electrons. The number of likely N-dealkylation sites (tertiary alicyclic amines) is 1. The molecule has 0 aromatic heterocycles. The second kappa shape index (κ2) is 5.64. The van der Waals surface area contributed by atoms with E-state index in [1.165, 1.54) is 19.3 Å². The molecule has 2 aliphatic heterocycles. The molecule has 0 aromatic rings. The predicted molar refractivity (Wildman–Crippen MR) is 62.1 cm³/mol. The van der Waals surface area contributed by atoms with Gasteiger partial charge in [0.25, 0.3) is 0 Å². The van der Waals surface area contributed by atoms with Gasteiger partial charge in [-0.15, -0.1) is 0 Å². The van der Waals surface area contributed by atoms with Gasteiger partial charge in [-0.1, -0.05) is 6.42 Å². The van der Waals surface area contributed by atoms with Gasteiger partial charge in [-0.05, 0) is 32.2 Å². The van der Waals surface area contributed by atoms with E-state index in [9.17, 15) is 9.90 Å². The van der Waals surface area contributed by atoms with Crippen LogP contribution in [0.5, 0.6) is 0 Å². The van der Waals surface area contributed by atoms with Gasteiger partial charge in [0.15, 0.2) is 0 Å². The third-order valence-corrected chi connectivity index (χ3v) is 3.64. The number of nitrogens with one attached hydrogen (secondary N) is 1. The van der Waals surface area contributed by atoms with Crippen molar-refractivity contribution in [2.75, 3.05) is 19.6 Å². The summed E-state index contributed by atoms with van der Waals surface area (Å²) in [6, 6.07) is 0.533. The molecule has 0 saturated carbocycles. The highest BCUT2D eigenvalue weighted by Crippen LogP contribution is 2.15. The molecule has 1 amide bonds. The largest absolute Gasteiger partial charge is 0.391 e. The minimum absolute atomic E-state index is 0.212. The number of piperidine rings is 1. The molecule has 2 fully saturated rings. The summed E-state index contributed by atoms with van der Waals surface area (Å²) in [4.78, 5) is 13.6. The van der Waals surface area contributed by atoms with E-state index >= 15 is 0 Å². The van der Waals surface area contributed by atoms with Crippen molar-refractivity contribution in [1.82, 2.24) is 10.2 Å². The van der Waals surface area contributed by atoms with Crippen molar-refractivity contribution in [1.29, 1.82) is 0 Å². The summed E-state index contributed by atoms with van der Waals surface area (Å²) in [5.74, 6) is 0.212. The first-order valence-corrected chi connectivity index (χ1v) is 6.45. The normalized spacial score (nSPS) is 30.7. The Labute approximate surface area is 97.0 Å². The summed E-state index contributed by atoms with van der Waals surface area (Å²) in [5.41, 5.74) is 0. The summed E-state index contributed by atoms with van der Waals surface area (Å²) in [7, 11) is 0. The number of β-amino-alcohol motifs (C(OH)–C–C–N with tert-alkyl or cyclic N) is 1. The van der Waals surface area contributed by atoms with E-state index in [1.807, 2.05) is 0 Å². The zero-order valence-corrected chi connectivity index (χ0v) is 9.82. The third kappa shape index (κ3) is 3.19. The van der Waals surface area contributed by atoms with E-state index in [0.29, 0.717) is 19.0 Å². The maximum atomic E-state index is 11.8. The molecule has 0 aliphatic carbocycles. The zero-order chi connectivity index (χ0) is 11.4. The fraction of sp³-hybridized carbons (Fsp3) is 0.917. The Bertz CT molecular complexity index is 239. The summed E-state index contributed by atoms with van der Waals surface area (Å²) < 4.78 is 0. The molecule has 16 heavy (non-hydrogen) atoms. The average Bonchev–Trinajstić information content (AvgIpc) is 2.74. The second-order valence-electron chi connectivity index (χ2n) is 4.97. The molecule has 1 unspecified atom stereocenters. The standard InChI is InChI=1S/C12H22N2O2/c15-11-6-8-14(9-11)12(16)5-4-10-3-1-2-7-13-10/h10-11,13,15H,1-9H2/t10?,11-/m1/s1. The van der Waals surface area contributed by atoms with Gasteiger partial charge in [0.1, 0.15) is 0 Å². The van der Waals surface area contributed by atoms with E-state index in [-0.39, 0.29) is 12.0 Å². The molecule has 0 radical (unpaired) electrons. The Morgan fingerprint density at radius 2 is 2.25 bits per heavy atom. The van der Waals surface area contributed by atoms with Crippen molar-refractivity contribution >= 4 is 5.91 Å². The van der Waals surface area contributed by atoms with Crippen LogP contribution in [0.15, 0.2) is 0 Å². The van der Waals surface area contributed by atoms with Crippen LogP contribution in [0.3, 0.4) is 0 Å². The van der Waals surface area contributed by atoms with Crippen molar-refractivity contribution in [2.24, 2.45) is 0 Å². The lowest BCUT2D eigenvalue weighted by atomic mass is 10.0. The minimum Gasteiger partial charge on any atom is -0.391 e. The molecular formula is C12H22N2O2. The lowest BCUT2D eigenvalue weighted by molar-refractivity contribution is -0.130. The Morgan fingerprint density at radius 1 is 1.38 bits per heavy atom. The Morgan fingerprint density at radius 3 is 2.88 bits per heavy atom. The monoisotopic (exact) mass is 226 g/mol. The van der Waals surface area contributed by atoms with Gasteiger partial charge in [-0.2, -0.15) is 0 Å². The fourth-order valence-electron chi connectivity index (χ4n) is 2.59. The number of carbonyl (C=O) groups excluding carboxylic acids is 1. The lowest BCUT2D eigenvalue weighted by Gasteiger charge is -2.24. The van der Waals surface area contributed by atoms with Crippen LogP contribution in [0.4, 0.5) is 0 Å². The summed E-state index contributed by atoms with van der Waals surface area (Å²) in [5, 5.41) is 12.8. The molecule has 2 heterocycles. The van der Waals surface area contributed by atoms with Gasteiger partial charge >= 0.3 is 0 Å². The Kier molecular flexibility index (Phi) is 4.18. The first-order chi connectivity index (χ1) is 7.75. The molecule has 2 atom stereocenters. The van der Waals surface area contributed by atoms with Crippen molar-refractivity contribution < 1.29 is 9.90 Å². The third-order valence-electron chi connectivity index (χ3n) is 3.64. The van der Waals surface area contributed by atoms with Crippen LogP contribution in [0.2, 0.25) is 0 Å². The van der Waals surface area contributed by atoms with Gasteiger partial charge < -0.3 is 15.3 Å². The van der Waals surface area contributed by atoms with Gasteiger partial charge in [0.05, 0.1) is 6.10 Å². The van der Waals surface area contributed by atoms with E-state index in [0.717, 1.165) is 25.9 Å². The van der Waals surface area contributed by atoms with E-state index < -0.39 is 0 Å². The molecule has 0 bridgehead atoms.